The van der Waals surface area contributed by atoms with Gasteiger partial charge >= 0.3 is 5.69 Å². The lowest BCUT2D eigenvalue weighted by Gasteiger charge is -2.37. The molecule has 12 heteroatoms. The lowest BCUT2D eigenvalue weighted by atomic mass is 10.2. The van der Waals surface area contributed by atoms with E-state index in [1.165, 1.54) is 10.8 Å². The molecule has 2 rings (SSSR count). The van der Waals surface area contributed by atoms with Crippen molar-refractivity contribution < 1.29 is 18.3 Å². The Balaban J connectivity index is 2.44. The number of nitriles is 1. The molecule has 1 aliphatic rings. The van der Waals surface area contributed by atoms with Crippen molar-refractivity contribution in [2.75, 3.05) is 19.9 Å². The Hall–Kier alpha value is -1.59. The first-order valence-corrected chi connectivity index (χ1v) is 15.1. The number of ether oxygens (including phenoxy) is 1. The highest BCUT2D eigenvalue weighted by Gasteiger charge is 2.41. The van der Waals surface area contributed by atoms with Crippen LogP contribution in [0.3, 0.4) is 0 Å². The van der Waals surface area contributed by atoms with Crippen molar-refractivity contribution >= 4 is 15.7 Å². The predicted molar refractivity (Wildman–Crippen MR) is 133 cm³/mol. The number of nitrogens with zero attached hydrogens (tertiary/aromatic N) is 3. The van der Waals surface area contributed by atoms with Crippen molar-refractivity contribution in [1.82, 2.24) is 14.2 Å². The molecule has 1 N–H and O–H groups in total. The fourth-order valence-electron chi connectivity index (χ4n) is 3.62. The zero-order valence-electron chi connectivity index (χ0n) is 20.9. The minimum absolute atomic E-state index is 0.105. The Labute approximate surface area is 202 Å². The maximum Gasteiger partial charge on any atom is 0.330 e. The second kappa shape index (κ2) is 12.4. The average molecular weight is 515 g/mol. The molecule has 34 heavy (non-hydrogen) atoms. The van der Waals surface area contributed by atoms with Crippen LogP contribution in [-0.2, 0) is 18.3 Å². The largest absolute Gasteiger partial charge is 0.348 e. The van der Waals surface area contributed by atoms with Crippen LogP contribution in [0.2, 0.25) is 0 Å². The molecule has 0 spiro atoms. The molecule has 1 aromatic heterocycles. The first-order chi connectivity index (χ1) is 15.8. The number of hydrogen-bond donors (Lipinski definition) is 1. The molecule has 0 amide bonds. The Morgan fingerprint density at radius 3 is 2.56 bits per heavy atom. The van der Waals surface area contributed by atoms with Crippen LogP contribution in [0.4, 0.5) is 0 Å². The summed E-state index contributed by atoms with van der Waals surface area (Å²) in [5, 5.41) is 8.95. The molecule has 1 aromatic rings. The van der Waals surface area contributed by atoms with E-state index in [0.29, 0.717) is 12.0 Å². The monoisotopic (exact) mass is 514 g/mol. The Morgan fingerprint density at radius 1 is 1.35 bits per heavy atom. The fourth-order valence-corrected chi connectivity index (χ4v) is 5.95. The van der Waals surface area contributed by atoms with Crippen LogP contribution >= 0.6 is 15.7 Å². The van der Waals surface area contributed by atoms with Crippen molar-refractivity contribution in [3.8, 4) is 6.07 Å². The first kappa shape index (κ1) is 28.6. The van der Waals surface area contributed by atoms with Gasteiger partial charge in [0.15, 0.2) is 6.23 Å². The molecular formula is C22H36N4O6P2. The van der Waals surface area contributed by atoms with Gasteiger partial charge in [-0.2, -0.15) is 5.26 Å². The standard InChI is InChI=1S/C22H36N4O6P2/c1-15(2)26(16(3)4)33(30-11-8-10-23)32-19-13-18(9-12-34(6,7)29)31-21(19)25-14-17(5)20(27)24-22(25)28/h9,12,14-16,18-19,21H,8,11,13H2,1-7H3,(H,24,27,28)/b12-9+/t18-,19+,21-,33?/m1/s1. The maximum absolute atomic E-state index is 12.6. The minimum Gasteiger partial charge on any atom is -0.348 e. The molecule has 2 heterocycles. The van der Waals surface area contributed by atoms with Gasteiger partial charge < -0.3 is 18.3 Å². The van der Waals surface area contributed by atoms with E-state index in [1.807, 2.05) is 27.7 Å². The lowest BCUT2D eigenvalue weighted by molar-refractivity contribution is -0.0246. The molecule has 10 nitrogen and oxygen atoms in total. The molecule has 4 atom stereocenters. The molecule has 0 radical (unpaired) electrons. The smallest absolute Gasteiger partial charge is 0.330 e. The van der Waals surface area contributed by atoms with Crippen molar-refractivity contribution in [3.63, 3.8) is 0 Å². The number of aromatic nitrogens is 2. The third-order valence-corrected chi connectivity index (χ3v) is 8.11. The summed E-state index contributed by atoms with van der Waals surface area (Å²) in [5.41, 5.74) is -0.695. The highest BCUT2D eigenvalue weighted by Crippen LogP contribution is 2.50. The van der Waals surface area contributed by atoms with Crippen LogP contribution in [0.5, 0.6) is 0 Å². The molecule has 1 saturated heterocycles. The summed E-state index contributed by atoms with van der Waals surface area (Å²) in [4.78, 5) is 26.8. The van der Waals surface area contributed by atoms with Crippen molar-refractivity contribution in [3.05, 3.63) is 44.5 Å². The highest BCUT2D eigenvalue weighted by atomic mass is 31.2. The van der Waals surface area contributed by atoms with Crippen molar-refractivity contribution in [1.29, 1.82) is 5.26 Å². The fraction of sp³-hybridized carbons (Fsp3) is 0.682. The molecular weight excluding hydrogens is 478 g/mol. The van der Waals surface area contributed by atoms with Gasteiger partial charge in [-0.1, -0.05) is 6.08 Å². The molecule has 0 bridgehead atoms. The molecule has 190 valence electrons. The Bertz CT molecular complexity index is 1050. The number of H-pyrrole nitrogens is 1. The topological polar surface area (TPSA) is 127 Å². The molecule has 1 unspecified atom stereocenters. The zero-order chi connectivity index (χ0) is 25.6. The number of hydrogen-bond acceptors (Lipinski definition) is 8. The highest BCUT2D eigenvalue weighted by molar-refractivity contribution is 7.65. The van der Waals surface area contributed by atoms with Gasteiger partial charge in [-0.15, -0.1) is 0 Å². The van der Waals surface area contributed by atoms with Gasteiger partial charge in [0, 0.05) is 30.3 Å². The van der Waals surface area contributed by atoms with Crippen LogP contribution in [0, 0.1) is 18.3 Å². The van der Waals surface area contributed by atoms with Crippen LogP contribution in [0.25, 0.3) is 0 Å². The second-order valence-corrected chi connectivity index (χ2v) is 13.8. The molecule has 1 fully saturated rings. The minimum atomic E-state index is -2.42. The summed E-state index contributed by atoms with van der Waals surface area (Å²) >= 11 is 0. The van der Waals surface area contributed by atoms with E-state index >= 15 is 0 Å². The van der Waals surface area contributed by atoms with Gasteiger partial charge in [0.25, 0.3) is 14.1 Å². The summed E-state index contributed by atoms with van der Waals surface area (Å²) in [6.07, 6.45) is 1.97. The maximum atomic E-state index is 12.6. The number of aromatic amines is 1. The van der Waals surface area contributed by atoms with Gasteiger partial charge in [-0.3, -0.25) is 14.3 Å². The van der Waals surface area contributed by atoms with Gasteiger partial charge in [-0.05, 0) is 53.8 Å². The quantitative estimate of drug-likeness (QED) is 0.348. The summed E-state index contributed by atoms with van der Waals surface area (Å²) in [5.74, 6) is 1.64. The summed E-state index contributed by atoms with van der Waals surface area (Å²) in [6.45, 7) is 13.3. The average Bonchev–Trinajstić information content (AvgIpc) is 3.10. The summed E-state index contributed by atoms with van der Waals surface area (Å²) < 4.78 is 34.3. The first-order valence-electron chi connectivity index (χ1n) is 11.3. The van der Waals surface area contributed by atoms with Gasteiger partial charge in [-0.25, -0.2) is 9.46 Å². The van der Waals surface area contributed by atoms with Crippen LogP contribution in [0.1, 0.15) is 52.3 Å². The van der Waals surface area contributed by atoms with E-state index in [9.17, 15) is 14.2 Å². The van der Waals surface area contributed by atoms with E-state index in [0.717, 1.165) is 0 Å². The second-order valence-electron chi connectivity index (χ2n) is 9.25. The third-order valence-electron chi connectivity index (χ3n) is 5.06. The normalized spacial score (nSPS) is 22.2. The van der Waals surface area contributed by atoms with E-state index < -0.39 is 45.4 Å². The SMILES string of the molecule is Cc1cn([C@@H]2O[C@H](/C=C/P(C)(C)=O)C[C@@H]2OP(OCCC#N)N(C(C)C)C(C)C)c(=O)[nH]c1=O. The zero-order valence-corrected chi connectivity index (χ0v) is 22.7. The van der Waals surface area contributed by atoms with Gasteiger partial charge in [0.2, 0.25) is 0 Å². The number of rotatable bonds is 11. The van der Waals surface area contributed by atoms with E-state index in [-0.39, 0.29) is 25.1 Å². The molecule has 0 aromatic carbocycles. The molecule has 0 aliphatic carbocycles. The lowest BCUT2D eigenvalue weighted by Crippen LogP contribution is -2.38. The van der Waals surface area contributed by atoms with Crippen molar-refractivity contribution in [2.24, 2.45) is 0 Å². The van der Waals surface area contributed by atoms with E-state index in [1.54, 1.807) is 32.1 Å². The molecule has 1 aliphatic heterocycles. The van der Waals surface area contributed by atoms with E-state index in [4.69, 9.17) is 19.0 Å². The number of aryl methyl sites for hydroxylation is 1. The predicted octanol–water partition coefficient (Wildman–Crippen LogP) is 3.93. The van der Waals surface area contributed by atoms with Crippen LogP contribution in [-0.4, -0.2) is 58.4 Å². The van der Waals surface area contributed by atoms with Crippen LogP contribution < -0.4 is 11.2 Å². The summed E-state index contributed by atoms with van der Waals surface area (Å²) in [7, 11) is -4.00. The van der Waals surface area contributed by atoms with E-state index in [2.05, 4.69) is 15.7 Å². The number of nitrogens with one attached hydrogen (secondary N) is 1. The molecule has 0 saturated carbocycles. The van der Waals surface area contributed by atoms with Gasteiger partial charge in [0.05, 0.1) is 25.2 Å². The Kier molecular flexibility index (Phi) is 10.4. The summed E-state index contributed by atoms with van der Waals surface area (Å²) in [6, 6.07) is 2.29. The van der Waals surface area contributed by atoms with Gasteiger partial charge in [0.1, 0.15) is 13.2 Å². The van der Waals surface area contributed by atoms with Crippen LogP contribution in [0.15, 0.2) is 27.7 Å². The van der Waals surface area contributed by atoms with Crippen molar-refractivity contribution in [2.45, 2.75) is 78.0 Å². The Morgan fingerprint density at radius 2 is 2.00 bits per heavy atom. The third kappa shape index (κ3) is 7.98.